The summed E-state index contributed by atoms with van der Waals surface area (Å²) in [6, 6.07) is 5.21. The third-order valence-corrected chi connectivity index (χ3v) is 4.53. The normalized spacial score (nSPS) is 29.8. The molecule has 88 valence electrons. The zero-order chi connectivity index (χ0) is 10.8. The topological polar surface area (TPSA) is 21.3 Å². The summed E-state index contributed by atoms with van der Waals surface area (Å²) in [6.07, 6.45) is 5.14. The fraction of sp³-hybridized carbons (Fsp3) is 0.692. The molecule has 1 aromatic heterocycles. The first-order valence-corrected chi connectivity index (χ1v) is 7.08. The van der Waals surface area contributed by atoms with Gasteiger partial charge in [0.15, 0.2) is 0 Å². The largest absolute Gasteiger partial charge is 0.381 e. The highest BCUT2D eigenvalue weighted by Crippen LogP contribution is 2.34. The van der Waals surface area contributed by atoms with Crippen molar-refractivity contribution in [1.82, 2.24) is 5.32 Å². The molecule has 1 aliphatic heterocycles. The highest BCUT2D eigenvalue weighted by molar-refractivity contribution is 7.09. The molecule has 1 saturated heterocycles. The summed E-state index contributed by atoms with van der Waals surface area (Å²) in [5.41, 5.74) is 0.368. The number of hydrogen-bond acceptors (Lipinski definition) is 3. The molecule has 2 fully saturated rings. The van der Waals surface area contributed by atoms with Gasteiger partial charge in [0.25, 0.3) is 0 Å². The molecule has 1 saturated carbocycles. The van der Waals surface area contributed by atoms with Crippen molar-refractivity contribution in [3.05, 3.63) is 22.4 Å². The second-order valence-corrected chi connectivity index (χ2v) is 6.25. The maximum atomic E-state index is 5.63. The molecule has 1 unspecified atom stereocenters. The fourth-order valence-electron chi connectivity index (χ4n) is 2.42. The summed E-state index contributed by atoms with van der Waals surface area (Å²) in [5, 5.41) is 5.85. The SMILES string of the molecule is c1csc(CC2(CNC3CC3)CCOC2)c1. The van der Waals surface area contributed by atoms with Crippen molar-refractivity contribution in [2.75, 3.05) is 19.8 Å². The summed E-state index contributed by atoms with van der Waals surface area (Å²) in [4.78, 5) is 1.50. The second-order valence-electron chi connectivity index (χ2n) is 5.21. The van der Waals surface area contributed by atoms with E-state index in [0.717, 1.165) is 25.8 Å². The predicted octanol–water partition coefficient (Wildman–Crippen LogP) is 2.45. The van der Waals surface area contributed by atoms with E-state index in [4.69, 9.17) is 4.74 Å². The zero-order valence-corrected chi connectivity index (χ0v) is 10.4. The quantitative estimate of drug-likeness (QED) is 0.849. The molecule has 1 atom stereocenters. The van der Waals surface area contributed by atoms with Gasteiger partial charge in [0.2, 0.25) is 0 Å². The molecular formula is C13H19NOS. The molecule has 3 rings (SSSR count). The monoisotopic (exact) mass is 237 g/mol. The Morgan fingerprint density at radius 1 is 1.50 bits per heavy atom. The molecule has 0 amide bonds. The number of nitrogens with one attached hydrogen (secondary N) is 1. The van der Waals surface area contributed by atoms with Crippen LogP contribution in [-0.2, 0) is 11.2 Å². The Balaban J connectivity index is 1.63. The summed E-state index contributed by atoms with van der Waals surface area (Å²) in [5.74, 6) is 0. The van der Waals surface area contributed by atoms with Crippen LogP contribution in [0, 0.1) is 5.41 Å². The van der Waals surface area contributed by atoms with E-state index < -0.39 is 0 Å². The Hall–Kier alpha value is -0.380. The van der Waals surface area contributed by atoms with Crippen molar-refractivity contribution in [2.24, 2.45) is 5.41 Å². The summed E-state index contributed by atoms with van der Waals surface area (Å²) >= 11 is 1.87. The number of hydrogen-bond donors (Lipinski definition) is 1. The van der Waals surface area contributed by atoms with E-state index in [9.17, 15) is 0 Å². The van der Waals surface area contributed by atoms with Crippen molar-refractivity contribution in [2.45, 2.75) is 31.7 Å². The smallest absolute Gasteiger partial charge is 0.0538 e. The lowest BCUT2D eigenvalue weighted by molar-refractivity contribution is 0.149. The lowest BCUT2D eigenvalue weighted by atomic mass is 9.83. The van der Waals surface area contributed by atoms with Gasteiger partial charge in [-0.05, 0) is 37.1 Å². The minimum atomic E-state index is 0.368. The lowest BCUT2D eigenvalue weighted by Crippen LogP contribution is -2.37. The third kappa shape index (κ3) is 2.47. The molecule has 1 aliphatic carbocycles. The molecule has 0 aromatic carbocycles. The first-order valence-electron chi connectivity index (χ1n) is 6.20. The maximum absolute atomic E-state index is 5.63. The molecular weight excluding hydrogens is 218 g/mol. The average molecular weight is 237 g/mol. The van der Waals surface area contributed by atoms with Crippen LogP contribution in [0.15, 0.2) is 17.5 Å². The average Bonchev–Trinajstić information content (AvgIpc) is 2.78. The standard InChI is InChI=1S/C13H19NOS/c1-2-12(16-7-1)8-13(5-6-15-10-13)9-14-11-3-4-11/h1-2,7,11,14H,3-6,8-10H2. The van der Waals surface area contributed by atoms with E-state index in [1.54, 1.807) is 0 Å². The van der Waals surface area contributed by atoms with Crippen molar-refractivity contribution < 1.29 is 4.74 Å². The van der Waals surface area contributed by atoms with Crippen molar-refractivity contribution in [3.63, 3.8) is 0 Å². The highest BCUT2D eigenvalue weighted by atomic mass is 32.1. The Bertz CT molecular complexity index is 326. The van der Waals surface area contributed by atoms with Crippen molar-refractivity contribution in [1.29, 1.82) is 0 Å². The van der Waals surface area contributed by atoms with Gasteiger partial charge in [-0.15, -0.1) is 11.3 Å². The summed E-state index contributed by atoms with van der Waals surface area (Å²) in [6.45, 7) is 3.01. The highest BCUT2D eigenvalue weighted by Gasteiger charge is 2.36. The fourth-order valence-corrected chi connectivity index (χ4v) is 3.30. The van der Waals surface area contributed by atoms with Crippen molar-refractivity contribution in [3.8, 4) is 0 Å². The molecule has 16 heavy (non-hydrogen) atoms. The van der Waals surface area contributed by atoms with Gasteiger partial charge < -0.3 is 10.1 Å². The van der Waals surface area contributed by atoms with Gasteiger partial charge in [0, 0.05) is 29.5 Å². The van der Waals surface area contributed by atoms with Gasteiger partial charge in [-0.3, -0.25) is 0 Å². The Morgan fingerprint density at radius 2 is 2.44 bits per heavy atom. The number of thiophene rings is 1. The summed E-state index contributed by atoms with van der Waals surface area (Å²) in [7, 11) is 0. The third-order valence-electron chi connectivity index (χ3n) is 3.66. The van der Waals surface area contributed by atoms with Gasteiger partial charge in [-0.1, -0.05) is 6.07 Å². The minimum Gasteiger partial charge on any atom is -0.381 e. The minimum absolute atomic E-state index is 0.368. The van der Waals surface area contributed by atoms with Gasteiger partial charge in [-0.2, -0.15) is 0 Å². The van der Waals surface area contributed by atoms with Crippen LogP contribution in [0.1, 0.15) is 24.1 Å². The van der Waals surface area contributed by atoms with Gasteiger partial charge in [0.05, 0.1) is 6.61 Å². The summed E-state index contributed by atoms with van der Waals surface area (Å²) < 4.78 is 5.63. The van der Waals surface area contributed by atoms with E-state index in [1.807, 2.05) is 11.3 Å². The molecule has 1 aromatic rings. The van der Waals surface area contributed by atoms with Gasteiger partial charge >= 0.3 is 0 Å². The van der Waals surface area contributed by atoms with Gasteiger partial charge in [-0.25, -0.2) is 0 Å². The molecule has 3 heteroatoms. The van der Waals surface area contributed by atoms with Crippen LogP contribution in [0.5, 0.6) is 0 Å². The first-order chi connectivity index (χ1) is 7.86. The number of ether oxygens (including phenoxy) is 1. The number of rotatable bonds is 5. The molecule has 0 radical (unpaired) electrons. The molecule has 2 heterocycles. The van der Waals surface area contributed by atoms with E-state index in [0.29, 0.717) is 5.41 Å². The molecule has 2 aliphatic rings. The molecule has 1 N–H and O–H groups in total. The van der Waals surface area contributed by atoms with Crippen LogP contribution >= 0.6 is 11.3 Å². The first kappa shape index (κ1) is 10.8. The predicted molar refractivity (Wildman–Crippen MR) is 66.9 cm³/mol. The van der Waals surface area contributed by atoms with Crippen LogP contribution in [0.3, 0.4) is 0 Å². The molecule has 2 nitrogen and oxygen atoms in total. The van der Waals surface area contributed by atoms with E-state index in [1.165, 1.54) is 30.6 Å². The van der Waals surface area contributed by atoms with Crippen LogP contribution in [0.2, 0.25) is 0 Å². The van der Waals surface area contributed by atoms with Crippen LogP contribution in [0.25, 0.3) is 0 Å². The van der Waals surface area contributed by atoms with Crippen LogP contribution < -0.4 is 5.32 Å². The Kier molecular flexibility index (Phi) is 3.01. The zero-order valence-electron chi connectivity index (χ0n) is 9.58. The molecule has 0 spiro atoms. The Labute approximate surface area is 101 Å². The maximum Gasteiger partial charge on any atom is 0.0538 e. The Morgan fingerprint density at radius 3 is 3.06 bits per heavy atom. The van der Waals surface area contributed by atoms with E-state index in [-0.39, 0.29) is 0 Å². The van der Waals surface area contributed by atoms with E-state index >= 15 is 0 Å². The van der Waals surface area contributed by atoms with Crippen LogP contribution in [-0.4, -0.2) is 25.8 Å². The van der Waals surface area contributed by atoms with Crippen molar-refractivity contribution >= 4 is 11.3 Å². The molecule has 0 bridgehead atoms. The lowest BCUT2D eigenvalue weighted by Gasteiger charge is -2.27. The second kappa shape index (κ2) is 4.47. The van der Waals surface area contributed by atoms with Gasteiger partial charge in [0.1, 0.15) is 0 Å². The van der Waals surface area contributed by atoms with E-state index in [2.05, 4.69) is 22.8 Å². The van der Waals surface area contributed by atoms with Crippen LogP contribution in [0.4, 0.5) is 0 Å².